The molecule has 5 rings (SSSR count). The van der Waals surface area contributed by atoms with E-state index >= 15 is 0 Å². The second-order valence-electron chi connectivity index (χ2n) is 5.96. The number of fused-ring (bicyclic) bond motifs is 3. The maximum absolute atomic E-state index is 12.5. The van der Waals surface area contributed by atoms with E-state index < -0.39 is 0 Å². The summed E-state index contributed by atoms with van der Waals surface area (Å²) >= 11 is 1.35. The summed E-state index contributed by atoms with van der Waals surface area (Å²) in [5.74, 6) is 0.962. The molecule has 23 heavy (non-hydrogen) atoms. The van der Waals surface area contributed by atoms with Crippen molar-refractivity contribution in [3.63, 3.8) is 0 Å². The molecule has 3 aliphatic rings. The summed E-state index contributed by atoms with van der Waals surface area (Å²) in [5.41, 5.74) is 0. The van der Waals surface area contributed by atoms with Crippen molar-refractivity contribution in [2.24, 2.45) is 5.92 Å². The summed E-state index contributed by atoms with van der Waals surface area (Å²) < 4.78 is 10.2. The Bertz CT molecular complexity index is 705. The summed E-state index contributed by atoms with van der Waals surface area (Å²) in [6.07, 6.45) is 2.48. The van der Waals surface area contributed by atoms with E-state index in [2.05, 4.69) is 20.4 Å². The predicted molar refractivity (Wildman–Crippen MR) is 84.6 cm³/mol. The van der Waals surface area contributed by atoms with E-state index in [1.807, 2.05) is 6.07 Å². The monoisotopic (exact) mass is 334 g/mol. The van der Waals surface area contributed by atoms with E-state index in [1.165, 1.54) is 44.4 Å². The Morgan fingerprint density at radius 1 is 1.39 bits per heavy atom. The minimum absolute atomic E-state index is 0.0218. The largest absolute Gasteiger partial charge is 0.452 e. The van der Waals surface area contributed by atoms with Crippen molar-refractivity contribution in [2.45, 2.75) is 18.9 Å². The highest BCUT2D eigenvalue weighted by atomic mass is 32.1. The topological polar surface area (TPSA) is 80.5 Å². The third-order valence-corrected chi connectivity index (χ3v) is 5.67. The first kappa shape index (κ1) is 14.6. The highest BCUT2D eigenvalue weighted by Gasteiger charge is 2.35. The Morgan fingerprint density at radius 2 is 2.22 bits per heavy atom. The molecule has 1 amide bonds. The van der Waals surface area contributed by atoms with Gasteiger partial charge in [-0.15, -0.1) is 16.4 Å². The van der Waals surface area contributed by atoms with Crippen LogP contribution < -0.4 is 10.1 Å². The third-order valence-electron chi connectivity index (χ3n) is 4.59. The molecule has 5 heterocycles. The molecule has 3 saturated heterocycles. The normalized spacial score (nSPS) is 26.2. The minimum atomic E-state index is -0.0218. The van der Waals surface area contributed by atoms with Crippen molar-refractivity contribution >= 4 is 17.2 Å². The zero-order valence-corrected chi connectivity index (χ0v) is 13.6. The van der Waals surface area contributed by atoms with Gasteiger partial charge in [-0.05, 0) is 44.0 Å². The fourth-order valence-electron chi connectivity index (χ4n) is 3.33. The lowest BCUT2D eigenvalue weighted by molar-refractivity contribution is 0.0622. The van der Waals surface area contributed by atoms with Crippen molar-refractivity contribution in [1.29, 1.82) is 0 Å². The fourth-order valence-corrected chi connectivity index (χ4v) is 4.17. The molecule has 8 heteroatoms. The molecule has 2 bridgehead atoms. The van der Waals surface area contributed by atoms with Gasteiger partial charge in [0.1, 0.15) is 0 Å². The van der Waals surface area contributed by atoms with Crippen LogP contribution in [0.5, 0.6) is 6.08 Å². The quantitative estimate of drug-likeness (QED) is 0.915. The smallest absolute Gasteiger partial charge is 0.414 e. The van der Waals surface area contributed by atoms with Crippen LogP contribution in [-0.4, -0.2) is 53.8 Å². The number of hydrogen-bond donors (Lipinski definition) is 1. The second-order valence-corrected chi connectivity index (χ2v) is 7.04. The molecule has 1 atom stereocenters. The van der Waals surface area contributed by atoms with Gasteiger partial charge in [0.05, 0.1) is 16.9 Å². The molecule has 7 nitrogen and oxygen atoms in total. The molecule has 1 unspecified atom stereocenters. The Balaban J connectivity index is 1.45. The third kappa shape index (κ3) is 2.84. The van der Waals surface area contributed by atoms with Gasteiger partial charge < -0.3 is 19.4 Å². The number of rotatable bonds is 4. The number of nitrogens with zero attached hydrogens (tertiary/aromatic N) is 3. The molecular weight excluding hydrogens is 316 g/mol. The fraction of sp³-hybridized carbons (Fsp3) is 0.533. The molecule has 122 valence electrons. The number of ether oxygens (including phenoxy) is 1. The highest BCUT2D eigenvalue weighted by molar-refractivity contribution is 7.17. The molecule has 2 aromatic heterocycles. The van der Waals surface area contributed by atoms with Crippen LogP contribution in [0.3, 0.4) is 0 Å². The van der Waals surface area contributed by atoms with Crippen LogP contribution in [0.1, 0.15) is 22.5 Å². The van der Waals surface area contributed by atoms with Crippen molar-refractivity contribution in [2.75, 3.05) is 26.7 Å². The van der Waals surface area contributed by atoms with Crippen LogP contribution in [-0.2, 0) is 0 Å². The molecule has 1 N–H and O–H groups in total. The average Bonchev–Trinajstić information content (AvgIpc) is 3.25. The van der Waals surface area contributed by atoms with E-state index in [9.17, 15) is 4.79 Å². The van der Waals surface area contributed by atoms with Crippen LogP contribution >= 0.6 is 11.3 Å². The molecule has 2 aromatic rings. The molecule has 0 saturated carbocycles. The number of hydrogen-bond acceptors (Lipinski definition) is 7. The maximum atomic E-state index is 12.5. The van der Waals surface area contributed by atoms with Crippen LogP contribution in [0, 0.1) is 5.92 Å². The van der Waals surface area contributed by atoms with E-state index in [-0.39, 0.29) is 18.0 Å². The lowest BCUT2D eigenvalue weighted by Gasteiger charge is -2.44. The van der Waals surface area contributed by atoms with Gasteiger partial charge in [0.2, 0.25) is 0 Å². The lowest BCUT2D eigenvalue weighted by Crippen LogP contribution is -2.57. The molecule has 3 aliphatic heterocycles. The van der Waals surface area contributed by atoms with Gasteiger partial charge in [0.15, 0.2) is 0 Å². The number of piperidine rings is 3. The second kappa shape index (κ2) is 5.93. The summed E-state index contributed by atoms with van der Waals surface area (Å²) in [4.78, 5) is 16.3. The molecular formula is C15H18N4O3S. The van der Waals surface area contributed by atoms with E-state index in [1.54, 1.807) is 6.07 Å². The summed E-state index contributed by atoms with van der Waals surface area (Å²) in [5, 5.41) is 10.8. The number of amides is 1. The molecule has 3 fully saturated rings. The van der Waals surface area contributed by atoms with Gasteiger partial charge in [0.25, 0.3) is 11.8 Å². The van der Waals surface area contributed by atoms with Crippen LogP contribution in [0.15, 0.2) is 16.5 Å². The maximum Gasteiger partial charge on any atom is 0.414 e. The first-order valence-electron chi connectivity index (χ1n) is 7.74. The number of carbonyl (C=O) groups is 1. The first-order chi connectivity index (χ1) is 11.2. The Labute approximate surface area is 137 Å². The Morgan fingerprint density at radius 3 is 2.87 bits per heavy atom. The Kier molecular flexibility index (Phi) is 3.78. The van der Waals surface area contributed by atoms with E-state index in [0.717, 1.165) is 11.4 Å². The van der Waals surface area contributed by atoms with Gasteiger partial charge in [-0.25, -0.2) is 0 Å². The van der Waals surface area contributed by atoms with Crippen molar-refractivity contribution in [1.82, 2.24) is 20.4 Å². The van der Waals surface area contributed by atoms with Crippen molar-refractivity contribution in [3.8, 4) is 16.8 Å². The number of thiophene rings is 1. The van der Waals surface area contributed by atoms with E-state index in [0.29, 0.717) is 16.7 Å². The number of aromatic nitrogens is 2. The van der Waals surface area contributed by atoms with Crippen LogP contribution in [0.25, 0.3) is 10.8 Å². The summed E-state index contributed by atoms with van der Waals surface area (Å²) in [7, 11) is 1.47. The van der Waals surface area contributed by atoms with Gasteiger partial charge in [0, 0.05) is 12.6 Å². The van der Waals surface area contributed by atoms with Crippen LogP contribution in [0.4, 0.5) is 0 Å². The van der Waals surface area contributed by atoms with Gasteiger partial charge in [-0.1, -0.05) is 5.10 Å². The number of carbonyl (C=O) groups excluding carboxylic acids is 1. The van der Waals surface area contributed by atoms with Crippen molar-refractivity contribution < 1.29 is 13.9 Å². The number of nitrogens with one attached hydrogen (secondary N) is 1. The standard InChI is InChI=1S/C15H18N4O3S/c1-21-15-18-17-14(22-15)12-3-2-11(23-12)13(20)16-10-8-19-6-4-9(10)5-7-19/h2-3,9-10H,4-8H2,1H3,(H,16,20). The molecule has 0 aliphatic carbocycles. The van der Waals surface area contributed by atoms with Crippen LogP contribution in [0.2, 0.25) is 0 Å². The first-order valence-corrected chi connectivity index (χ1v) is 8.55. The Hall–Kier alpha value is -1.93. The SMILES string of the molecule is COc1nnc(-c2ccc(C(=O)NC3CN4CCC3CC4)s2)o1. The summed E-state index contributed by atoms with van der Waals surface area (Å²) in [6.45, 7) is 3.30. The zero-order valence-electron chi connectivity index (χ0n) is 12.8. The lowest BCUT2D eigenvalue weighted by atomic mass is 9.84. The van der Waals surface area contributed by atoms with Gasteiger partial charge >= 0.3 is 6.08 Å². The summed E-state index contributed by atoms with van der Waals surface area (Å²) in [6, 6.07) is 3.88. The molecule has 0 aromatic carbocycles. The molecule has 0 radical (unpaired) electrons. The van der Waals surface area contributed by atoms with Gasteiger partial charge in [-0.3, -0.25) is 4.79 Å². The number of methoxy groups -OCH3 is 1. The highest BCUT2D eigenvalue weighted by Crippen LogP contribution is 2.30. The van der Waals surface area contributed by atoms with Crippen molar-refractivity contribution in [3.05, 3.63) is 17.0 Å². The molecule has 0 spiro atoms. The average molecular weight is 334 g/mol. The zero-order chi connectivity index (χ0) is 15.8. The van der Waals surface area contributed by atoms with E-state index in [4.69, 9.17) is 9.15 Å². The minimum Gasteiger partial charge on any atom is -0.452 e. The van der Waals surface area contributed by atoms with Gasteiger partial charge in [-0.2, -0.15) is 0 Å². The predicted octanol–water partition coefficient (Wildman–Crippen LogP) is 1.63.